The van der Waals surface area contributed by atoms with Gasteiger partial charge in [0.25, 0.3) is 0 Å². The molecule has 0 radical (unpaired) electrons. The molecule has 0 aliphatic carbocycles. The smallest absolute Gasteiger partial charge is 0.342 e. The van der Waals surface area contributed by atoms with Gasteiger partial charge in [-0.15, -0.1) is 0 Å². The van der Waals surface area contributed by atoms with Crippen LogP contribution in [0.2, 0.25) is 0 Å². The quantitative estimate of drug-likeness (QED) is 0.595. The van der Waals surface area contributed by atoms with Crippen LogP contribution in [0.3, 0.4) is 0 Å². The molecule has 5 heteroatoms. The maximum absolute atomic E-state index is 12.4. The number of pyridine rings is 1. The molecule has 132 valence electrons. The van der Waals surface area contributed by atoms with Crippen LogP contribution in [0.25, 0.3) is 0 Å². The molecular formula is C20H24N2O3. The fourth-order valence-corrected chi connectivity index (χ4v) is 3.12. The zero-order valence-corrected chi connectivity index (χ0v) is 14.8. The summed E-state index contributed by atoms with van der Waals surface area (Å²) in [7, 11) is 0. The second-order valence-corrected chi connectivity index (χ2v) is 6.27. The second-order valence-electron chi connectivity index (χ2n) is 6.27. The molecule has 5 nitrogen and oxygen atoms in total. The van der Waals surface area contributed by atoms with Crippen molar-refractivity contribution in [2.45, 2.75) is 26.7 Å². The number of para-hydroxylation sites is 1. The molecule has 0 spiro atoms. The van der Waals surface area contributed by atoms with Crippen molar-refractivity contribution < 1.29 is 14.3 Å². The number of rotatable bonds is 6. The van der Waals surface area contributed by atoms with E-state index in [0.29, 0.717) is 12.2 Å². The van der Waals surface area contributed by atoms with Gasteiger partial charge in [0.15, 0.2) is 0 Å². The molecule has 1 aromatic carbocycles. The topological polar surface area (TPSA) is 51.7 Å². The third kappa shape index (κ3) is 4.10. The monoisotopic (exact) mass is 340 g/mol. The van der Waals surface area contributed by atoms with Crippen molar-refractivity contribution in [3.8, 4) is 5.75 Å². The Balaban J connectivity index is 1.56. The number of carbonyl (C=O) groups excluding carboxylic acids is 1. The minimum Gasteiger partial charge on any atom is -0.489 e. The summed E-state index contributed by atoms with van der Waals surface area (Å²) in [5.74, 6) is 1.23. The van der Waals surface area contributed by atoms with E-state index in [4.69, 9.17) is 9.47 Å². The minimum atomic E-state index is -0.347. The molecule has 1 saturated heterocycles. The van der Waals surface area contributed by atoms with E-state index in [1.165, 1.54) is 0 Å². The van der Waals surface area contributed by atoms with Crippen molar-refractivity contribution in [1.82, 2.24) is 4.98 Å². The predicted octanol–water partition coefficient (Wildman–Crippen LogP) is 3.53. The van der Waals surface area contributed by atoms with Gasteiger partial charge in [-0.05, 0) is 49.9 Å². The molecule has 1 aliphatic rings. The van der Waals surface area contributed by atoms with Gasteiger partial charge in [0, 0.05) is 19.3 Å². The maximum Gasteiger partial charge on any atom is 0.342 e. The van der Waals surface area contributed by atoms with E-state index in [1.54, 1.807) is 18.3 Å². The Kier molecular flexibility index (Phi) is 5.53. The van der Waals surface area contributed by atoms with Crippen molar-refractivity contribution in [3.63, 3.8) is 0 Å². The van der Waals surface area contributed by atoms with Crippen LogP contribution in [-0.2, 0) is 4.74 Å². The average molecular weight is 340 g/mol. The number of benzene rings is 1. The van der Waals surface area contributed by atoms with Crippen molar-refractivity contribution in [3.05, 3.63) is 53.2 Å². The van der Waals surface area contributed by atoms with Crippen LogP contribution >= 0.6 is 0 Å². The van der Waals surface area contributed by atoms with Crippen LogP contribution in [0, 0.1) is 13.8 Å². The van der Waals surface area contributed by atoms with Gasteiger partial charge in [-0.3, -0.25) is 0 Å². The fraction of sp³-hybridized carbons (Fsp3) is 0.400. The van der Waals surface area contributed by atoms with Gasteiger partial charge < -0.3 is 14.4 Å². The third-order valence-electron chi connectivity index (χ3n) is 4.38. The summed E-state index contributed by atoms with van der Waals surface area (Å²) in [6.45, 7) is 6.43. The lowest BCUT2D eigenvalue weighted by Gasteiger charge is -2.19. The number of carbonyl (C=O) groups is 1. The van der Waals surface area contributed by atoms with E-state index < -0.39 is 0 Å². The van der Waals surface area contributed by atoms with Crippen LogP contribution in [0.15, 0.2) is 36.5 Å². The summed E-state index contributed by atoms with van der Waals surface area (Å²) in [5, 5.41) is 0. The molecule has 1 fully saturated rings. The van der Waals surface area contributed by atoms with Gasteiger partial charge in [0.05, 0.1) is 0 Å². The highest BCUT2D eigenvalue weighted by Gasteiger charge is 2.21. The number of nitrogens with zero attached hydrogens (tertiary/aromatic N) is 2. The Hall–Kier alpha value is -2.56. The van der Waals surface area contributed by atoms with Gasteiger partial charge in [-0.25, -0.2) is 9.78 Å². The molecule has 3 rings (SSSR count). The summed E-state index contributed by atoms with van der Waals surface area (Å²) in [4.78, 5) is 18.9. The number of anilines is 1. The van der Waals surface area contributed by atoms with Crippen LogP contribution in [0.1, 0.15) is 34.3 Å². The van der Waals surface area contributed by atoms with Crippen molar-refractivity contribution >= 4 is 11.8 Å². The highest BCUT2D eigenvalue weighted by molar-refractivity contribution is 5.94. The molecule has 2 heterocycles. The summed E-state index contributed by atoms with van der Waals surface area (Å²) >= 11 is 0. The highest BCUT2D eigenvalue weighted by Crippen LogP contribution is 2.23. The van der Waals surface area contributed by atoms with Gasteiger partial charge in [0.1, 0.15) is 30.3 Å². The largest absolute Gasteiger partial charge is 0.489 e. The first-order valence-electron chi connectivity index (χ1n) is 8.73. The fourth-order valence-electron chi connectivity index (χ4n) is 3.12. The summed E-state index contributed by atoms with van der Waals surface area (Å²) in [6, 6.07) is 9.55. The van der Waals surface area contributed by atoms with Crippen molar-refractivity contribution in [2.75, 3.05) is 31.2 Å². The molecule has 1 aromatic heterocycles. The summed E-state index contributed by atoms with van der Waals surface area (Å²) < 4.78 is 11.2. The number of hydrogen-bond donors (Lipinski definition) is 0. The molecule has 0 atom stereocenters. The molecule has 0 unspecified atom stereocenters. The summed E-state index contributed by atoms with van der Waals surface area (Å²) in [5.41, 5.74) is 2.68. The SMILES string of the molecule is Cc1cccc(C)c1OCCOC(=O)c1cccnc1N1CCCC1. The predicted molar refractivity (Wildman–Crippen MR) is 97.4 cm³/mol. The number of aryl methyl sites for hydroxylation is 2. The lowest BCUT2D eigenvalue weighted by atomic mass is 10.1. The van der Waals surface area contributed by atoms with E-state index >= 15 is 0 Å². The Bertz CT molecular complexity index is 719. The zero-order chi connectivity index (χ0) is 17.6. The Labute approximate surface area is 148 Å². The van der Waals surface area contributed by atoms with Gasteiger partial charge in [-0.1, -0.05) is 18.2 Å². The third-order valence-corrected chi connectivity index (χ3v) is 4.38. The lowest BCUT2D eigenvalue weighted by Crippen LogP contribution is -2.23. The van der Waals surface area contributed by atoms with Gasteiger partial charge in [-0.2, -0.15) is 0 Å². The van der Waals surface area contributed by atoms with Crippen LogP contribution < -0.4 is 9.64 Å². The Morgan fingerprint density at radius 3 is 2.52 bits per heavy atom. The number of hydrogen-bond acceptors (Lipinski definition) is 5. The van der Waals surface area contributed by atoms with E-state index in [0.717, 1.165) is 48.6 Å². The maximum atomic E-state index is 12.4. The summed E-state index contributed by atoms with van der Waals surface area (Å²) in [6.07, 6.45) is 3.98. The first-order chi connectivity index (χ1) is 12.2. The molecule has 0 saturated carbocycles. The molecule has 25 heavy (non-hydrogen) atoms. The molecule has 0 bridgehead atoms. The van der Waals surface area contributed by atoms with Crippen LogP contribution in [0.4, 0.5) is 5.82 Å². The van der Waals surface area contributed by atoms with Crippen LogP contribution in [-0.4, -0.2) is 37.3 Å². The molecule has 0 N–H and O–H groups in total. The van der Waals surface area contributed by atoms with Crippen molar-refractivity contribution in [1.29, 1.82) is 0 Å². The molecule has 0 amide bonds. The van der Waals surface area contributed by atoms with E-state index in [9.17, 15) is 4.79 Å². The number of aromatic nitrogens is 1. The lowest BCUT2D eigenvalue weighted by molar-refractivity contribution is 0.0450. The normalized spacial score (nSPS) is 13.8. The van der Waals surface area contributed by atoms with Crippen molar-refractivity contribution in [2.24, 2.45) is 0 Å². The Morgan fingerprint density at radius 2 is 1.80 bits per heavy atom. The highest BCUT2D eigenvalue weighted by atomic mass is 16.6. The average Bonchev–Trinajstić information content (AvgIpc) is 3.15. The van der Waals surface area contributed by atoms with E-state index in [2.05, 4.69) is 9.88 Å². The van der Waals surface area contributed by atoms with Crippen LogP contribution in [0.5, 0.6) is 5.75 Å². The Morgan fingerprint density at radius 1 is 1.08 bits per heavy atom. The molecule has 1 aliphatic heterocycles. The van der Waals surface area contributed by atoms with E-state index in [1.807, 2.05) is 32.0 Å². The number of ether oxygens (including phenoxy) is 2. The van der Waals surface area contributed by atoms with Gasteiger partial charge in [0.2, 0.25) is 0 Å². The first kappa shape index (κ1) is 17.3. The minimum absolute atomic E-state index is 0.209. The standard InChI is InChI=1S/C20H24N2O3/c1-15-7-5-8-16(2)18(15)24-13-14-25-20(23)17-9-6-10-21-19(17)22-11-3-4-12-22/h5-10H,3-4,11-14H2,1-2H3. The van der Waals surface area contributed by atoms with E-state index in [-0.39, 0.29) is 12.6 Å². The molecule has 2 aromatic rings. The van der Waals surface area contributed by atoms with Gasteiger partial charge >= 0.3 is 5.97 Å². The second kappa shape index (κ2) is 8.01. The number of esters is 1. The zero-order valence-electron chi connectivity index (χ0n) is 14.8. The first-order valence-corrected chi connectivity index (χ1v) is 8.73. The molecular weight excluding hydrogens is 316 g/mol.